The Bertz CT molecular complexity index is 841. The van der Waals surface area contributed by atoms with Crippen LogP contribution in [0.4, 0.5) is 0 Å². The van der Waals surface area contributed by atoms with E-state index < -0.39 is 0 Å². The first-order valence-corrected chi connectivity index (χ1v) is 10.4. The fraction of sp³-hybridized carbons (Fsp3) is 0.526. The molecule has 2 fully saturated rings. The van der Waals surface area contributed by atoms with Gasteiger partial charge in [0.25, 0.3) is 0 Å². The maximum absolute atomic E-state index is 12.5. The van der Waals surface area contributed by atoms with Gasteiger partial charge in [-0.3, -0.25) is 9.59 Å². The van der Waals surface area contributed by atoms with Gasteiger partial charge in [0.05, 0.1) is 23.4 Å². The van der Waals surface area contributed by atoms with Gasteiger partial charge >= 0.3 is 0 Å². The van der Waals surface area contributed by atoms with Crippen molar-refractivity contribution in [1.82, 2.24) is 19.8 Å². The number of piperazine rings is 1. The second-order valence-electron chi connectivity index (χ2n) is 6.92. The van der Waals surface area contributed by atoms with E-state index >= 15 is 0 Å². The molecule has 27 heavy (non-hydrogen) atoms. The van der Waals surface area contributed by atoms with Crippen LogP contribution in [0.25, 0.3) is 11.0 Å². The van der Waals surface area contributed by atoms with Crippen LogP contribution in [-0.2, 0) is 9.59 Å². The van der Waals surface area contributed by atoms with Crippen molar-refractivity contribution in [3.05, 3.63) is 18.2 Å². The normalized spacial score (nSPS) is 17.4. The van der Waals surface area contributed by atoms with Crippen molar-refractivity contribution in [2.24, 2.45) is 5.92 Å². The predicted octanol–water partition coefficient (Wildman–Crippen LogP) is 2.13. The number of rotatable bonds is 6. The van der Waals surface area contributed by atoms with Gasteiger partial charge in [-0.25, -0.2) is 4.98 Å². The summed E-state index contributed by atoms with van der Waals surface area (Å²) in [7, 11) is 0. The SMILES string of the molecule is CCOc1ccc2nc(SCC(=O)N3CCN(C(=O)C4CC4)CC3)[nH]c2c1. The highest BCUT2D eigenvalue weighted by atomic mass is 32.2. The van der Waals surface area contributed by atoms with Crippen LogP contribution in [0.5, 0.6) is 5.75 Å². The number of hydrogen-bond donors (Lipinski definition) is 1. The number of hydrogen-bond acceptors (Lipinski definition) is 5. The Hall–Kier alpha value is -2.22. The Balaban J connectivity index is 1.29. The van der Waals surface area contributed by atoms with E-state index in [0.717, 1.165) is 34.8 Å². The minimum absolute atomic E-state index is 0.0917. The van der Waals surface area contributed by atoms with Gasteiger partial charge in [0.1, 0.15) is 5.75 Å². The highest BCUT2D eigenvalue weighted by molar-refractivity contribution is 7.99. The summed E-state index contributed by atoms with van der Waals surface area (Å²) in [6.45, 7) is 5.11. The lowest BCUT2D eigenvalue weighted by atomic mass is 10.2. The largest absolute Gasteiger partial charge is 0.494 e. The molecule has 0 radical (unpaired) electrons. The van der Waals surface area contributed by atoms with E-state index in [1.165, 1.54) is 11.8 Å². The smallest absolute Gasteiger partial charge is 0.233 e. The quantitative estimate of drug-likeness (QED) is 0.767. The fourth-order valence-corrected chi connectivity index (χ4v) is 4.06. The summed E-state index contributed by atoms with van der Waals surface area (Å²) >= 11 is 1.41. The molecule has 0 bridgehead atoms. The number of thioether (sulfide) groups is 1. The molecule has 0 atom stereocenters. The average Bonchev–Trinajstić information content (AvgIpc) is 3.46. The zero-order chi connectivity index (χ0) is 18.8. The molecule has 1 saturated carbocycles. The molecule has 1 aliphatic carbocycles. The number of H-pyrrole nitrogens is 1. The number of fused-ring (bicyclic) bond motifs is 1. The van der Waals surface area contributed by atoms with Gasteiger partial charge in [-0.15, -0.1) is 0 Å². The highest BCUT2D eigenvalue weighted by Crippen LogP contribution is 2.31. The van der Waals surface area contributed by atoms with Crippen LogP contribution in [-0.4, -0.2) is 70.1 Å². The Labute approximate surface area is 162 Å². The van der Waals surface area contributed by atoms with Crippen molar-refractivity contribution >= 4 is 34.6 Å². The molecule has 1 aromatic heterocycles. The summed E-state index contributed by atoms with van der Waals surface area (Å²) < 4.78 is 5.50. The highest BCUT2D eigenvalue weighted by Gasteiger charge is 2.35. The van der Waals surface area contributed by atoms with E-state index in [1.54, 1.807) is 0 Å². The van der Waals surface area contributed by atoms with Gasteiger partial charge in [0.2, 0.25) is 11.8 Å². The third kappa shape index (κ3) is 4.21. The second kappa shape index (κ2) is 7.80. The fourth-order valence-electron chi connectivity index (χ4n) is 3.28. The molecule has 1 N–H and O–H groups in total. The summed E-state index contributed by atoms with van der Waals surface area (Å²) in [5.41, 5.74) is 1.77. The maximum Gasteiger partial charge on any atom is 0.233 e. The van der Waals surface area contributed by atoms with Gasteiger partial charge < -0.3 is 19.5 Å². The van der Waals surface area contributed by atoms with Crippen LogP contribution in [0.1, 0.15) is 19.8 Å². The van der Waals surface area contributed by atoms with Crippen LogP contribution in [0.3, 0.4) is 0 Å². The van der Waals surface area contributed by atoms with Crippen molar-refractivity contribution < 1.29 is 14.3 Å². The lowest BCUT2D eigenvalue weighted by molar-refractivity contribution is -0.139. The lowest BCUT2D eigenvalue weighted by Gasteiger charge is -2.34. The Kier molecular flexibility index (Phi) is 5.24. The molecule has 4 rings (SSSR count). The predicted molar refractivity (Wildman–Crippen MR) is 104 cm³/mol. The van der Waals surface area contributed by atoms with Crippen LogP contribution in [0.15, 0.2) is 23.4 Å². The molecule has 1 aromatic carbocycles. The number of imidazole rings is 1. The molecular weight excluding hydrogens is 364 g/mol. The third-order valence-corrected chi connectivity index (χ3v) is 5.80. The first-order chi connectivity index (χ1) is 13.1. The number of carbonyl (C=O) groups is 2. The van der Waals surface area contributed by atoms with Gasteiger partial charge in [0.15, 0.2) is 5.16 Å². The molecule has 0 spiro atoms. The van der Waals surface area contributed by atoms with E-state index in [2.05, 4.69) is 9.97 Å². The standard InChI is InChI=1S/C19H24N4O3S/c1-2-26-14-5-6-15-16(11-14)21-19(20-15)27-12-17(24)22-7-9-23(10-8-22)18(25)13-3-4-13/h5-6,11,13H,2-4,7-10,12H2,1H3,(H,20,21). The number of benzene rings is 1. The maximum atomic E-state index is 12.5. The molecule has 7 nitrogen and oxygen atoms in total. The molecule has 0 unspecified atom stereocenters. The molecule has 2 amide bonds. The number of nitrogens with one attached hydrogen (secondary N) is 1. The minimum Gasteiger partial charge on any atom is -0.494 e. The first kappa shape index (κ1) is 18.2. The molecular formula is C19H24N4O3S. The third-order valence-electron chi connectivity index (χ3n) is 4.95. The van der Waals surface area contributed by atoms with Crippen LogP contribution in [0, 0.1) is 5.92 Å². The number of aromatic nitrogens is 2. The van der Waals surface area contributed by atoms with Crippen molar-refractivity contribution in [3.8, 4) is 5.75 Å². The zero-order valence-electron chi connectivity index (χ0n) is 15.4. The molecule has 2 aliphatic rings. The van der Waals surface area contributed by atoms with E-state index in [0.29, 0.717) is 38.5 Å². The Morgan fingerprint density at radius 2 is 1.96 bits per heavy atom. The monoisotopic (exact) mass is 388 g/mol. The molecule has 144 valence electrons. The Morgan fingerprint density at radius 1 is 1.22 bits per heavy atom. The van der Waals surface area contributed by atoms with Gasteiger partial charge in [-0.2, -0.15) is 0 Å². The number of nitrogens with zero attached hydrogens (tertiary/aromatic N) is 3. The average molecular weight is 388 g/mol. The summed E-state index contributed by atoms with van der Waals surface area (Å²) in [6, 6.07) is 5.74. The summed E-state index contributed by atoms with van der Waals surface area (Å²) in [6.07, 6.45) is 2.05. The van der Waals surface area contributed by atoms with Crippen LogP contribution < -0.4 is 4.74 Å². The van der Waals surface area contributed by atoms with Crippen molar-refractivity contribution in [2.75, 3.05) is 38.5 Å². The molecule has 8 heteroatoms. The van der Waals surface area contributed by atoms with Crippen molar-refractivity contribution in [1.29, 1.82) is 0 Å². The van der Waals surface area contributed by atoms with Crippen molar-refractivity contribution in [3.63, 3.8) is 0 Å². The zero-order valence-corrected chi connectivity index (χ0v) is 16.3. The minimum atomic E-state index is 0.0917. The summed E-state index contributed by atoms with van der Waals surface area (Å²) in [5.74, 6) is 1.76. The van der Waals surface area contributed by atoms with Crippen molar-refractivity contribution in [2.45, 2.75) is 24.9 Å². The van der Waals surface area contributed by atoms with E-state index in [4.69, 9.17) is 4.74 Å². The topological polar surface area (TPSA) is 78.5 Å². The number of carbonyl (C=O) groups excluding carboxylic acids is 2. The number of aromatic amines is 1. The molecule has 1 saturated heterocycles. The molecule has 2 aromatic rings. The Morgan fingerprint density at radius 3 is 2.67 bits per heavy atom. The molecule has 1 aliphatic heterocycles. The van der Waals surface area contributed by atoms with E-state index in [1.807, 2.05) is 34.9 Å². The first-order valence-electron chi connectivity index (χ1n) is 9.46. The lowest BCUT2D eigenvalue weighted by Crippen LogP contribution is -2.51. The second-order valence-corrected chi connectivity index (χ2v) is 7.89. The van der Waals surface area contributed by atoms with Crippen LogP contribution in [0.2, 0.25) is 0 Å². The van der Waals surface area contributed by atoms with Gasteiger partial charge in [-0.1, -0.05) is 11.8 Å². The van der Waals surface area contributed by atoms with Crippen LogP contribution >= 0.6 is 11.8 Å². The van der Waals surface area contributed by atoms with Gasteiger partial charge in [-0.05, 0) is 31.9 Å². The van der Waals surface area contributed by atoms with Gasteiger partial charge in [0, 0.05) is 38.2 Å². The molecule has 2 heterocycles. The van der Waals surface area contributed by atoms with E-state index in [9.17, 15) is 9.59 Å². The summed E-state index contributed by atoms with van der Waals surface area (Å²) in [4.78, 5) is 36.1. The summed E-state index contributed by atoms with van der Waals surface area (Å²) in [5, 5.41) is 0.731. The number of ether oxygens (including phenoxy) is 1. The number of amides is 2. The van der Waals surface area contributed by atoms with E-state index in [-0.39, 0.29) is 17.7 Å².